The summed E-state index contributed by atoms with van der Waals surface area (Å²) in [5, 5.41) is 4.23. The van der Waals surface area contributed by atoms with Gasteiger partial charge in [-0.3, -0.25) is 0 Å². The Labute approximate surface area is 176 Å². The fourth-order valence-corrected chi connectivity index (χ4v) is 3.19. The number of benzene rings is 2. The molecule has 0 aliphatic heterocycles. The molecule has 0 aromatic heterocycles. The van der Waals surface area contributed by atoms with Gasteiger partial charge in [-0.15, -0.1) is 0 Å². The molecule has 0 atom stereocenters. The zero-order valence-corrected chi connectivity index (χ0v) is 16.8. The lowest BCUT2D eigenvalue weighted by Gasteiger charge is -2.20. The van der Waals surface area contributed by atoms with Gasteiger partial charge in [0.1, 0.15) is 23.5 Å². The smallest absolute Gasteiger partial charge is 0.416 e. The summed E-state index contributed by atoms with van der Waals surface area (Å²) in [7, 11) is 0. The normalized spacial score (nSPS) is 15.0. The number of hydrogen-bond acceptors (Lipinski definition) is 3. The summed E-state index contributed by atoms with van der Waals surface area (Å²) in [5.74, 6) is 0.739. The molecule has 29 heavy (non-hydrogen) atoms. The van der Waals surface area contributed by atoms with E-state index in [1.165, 1.54) is 12.1 Å². The quantitative estimate of drug-likeness (QED) is 0.467. The van der Waals surface area contributed by atoms with E-state index in [2.05, 4.69) is 5.16 Å². The average molecular weight is 444 g/mol. The van der Waals surface area contributed by atoms with Crippen LogP contribution in [0.5, 0.6) is 5.75 Å². The Balaban J connectivity index is 1.68. The maximum Gasteiger partial charge on any atom is 0.416 e. The molecule has 2 aromatic rings. The van der Waals surface area contributed by atoms with Gasteiger partial charge >= 0.3 is 6.18 Å². The number of nitrogens with zero attached hydrogens (tertiary/aromatic N) is 1. The minimum atomic E-state index is -4.35. The van der Waals surface area contributed by atoms with Crippen molar-refractivity contribution in [3.8, 4) is 5.75 Å². The van der Waals surface area contributed by atoms with Gasteiger partial charge in [0.15, 0.2) is 0 Å². The lowest BCUT2D eigenvalue weighted by atomic mass is 9.89. The summed E-state index contributed by atoms with van der Waals surface area (Å²) in [6, 6.07) is 10.5. The van der Waals surface area contributed by atoms with E-state index in [0.717, 1.165) is 54.0 Å². The number of rotatable bonds is 6. The molecule has 0 radical (unpaired) electrons. The average Bonchev–Trinajstić information content (AvgIpc) is 2.68. The van der Waals surface area contributed by atoms with E-state index in [-0.39, 0.29) is 17.7 Å². The van der Waals surface area contributed by atoms with E-state index >= 15 is 0 Å². The number of fused-ring (bicyclic) bond motifs is 1. The van der Waals surface area contributed by atoms with Gasteiger partial charge in [0, 0.05) is 11.1 Å². The molecule has 0 spiro atoms. The van der Waals surface area contributed by atoms with Crippen molar-refractivity contribution >= 4 is 28.9 Å². The number of halogens is 5. The van der Waals surface area contributed by atoms with Crippen molar-refractivity contribution in [2.75, 3.05) is 6.61 Å². The Morgan fingerprint density at radius 3 is 2.52 bits per heavy atom. The molecule has 3 rings (SSSR count). The van der Waals surface area contributed by atoms with Crippen LogP contribution in [0.15, 0.2) is 58.2 Å². The Kier molecular flexibility index (Phi) is 7.09. The molecule has 0 bridgehead atoms. The van der Waals surface area contributed by atoms with Crippen LogP contribution in [-0.4, -0.2) is 12.3 Å². The zero-order valence-electron chi connectivity index (χ0n) is 15.3. The molecule has 8 heteroatoms. The van der Waals surface area contributed by atoms with E-state index in [9.17, 15) is 13.2 Å². The maximum absolute atomic E-state index is 12.6. The zero-order chi connectivity index (χ0) is 20.9. The van der Waals surface area contributed by atoms with Crippen molar-refractivity contribution in [1.29, 1.82) is 0 Å². The van der Waals surface area contributed by atoms with Crippen LogP contribution in [0.1, 0.15) is 35.1 Å². The molecular weight excluding hydrogens is 426 g/mol. The molecule has 0 saturated heterocycles. The lowest BCUT2D eigenvalue weighted by Crippen LogP contribution is -2.14. The highest BCUT2D eigenvalue weighted by atomic mass is 35.5. The predicted molar refractivity (Wildman–Crippen MR) is 107 cm³/mol. The van der Waals surface area contributed by atoms with Crippen LogP contribution in [0.2, 0.25) is 0 Å². The van der Waals surface area contributed by atoms with Gasteiger partial charge in [-0.2, -0.15) is 13.2 Å². The van der Waals surface area contributed by atoms with Crippen molar-refractivity contribution in [1.82, 2.24) is 0 Å². The summed E-state index contributed by atoms with van der Waals surface area (Å²) >= 11 is 11.2. The van der Waals surface area contributed by atoms with Gasteiger partial charge in [-0.25, -0.2) is 0 Å². The molecule has 0 fully saturated rings. The van der Waals surface area contributed by atoms with Gasteiger partial charge in [0.05, 0.1) is 11.3 Å². The van der Waals surface area contributed by atoms with Crippen molar-refractivity contribution in [2.24, 2.45) is 5.16 Å². The van der Waals surface area contributed by atoms with Gasteiger partial charge in [-0.05, 0) is 49.1 Å². The Hall–Kier alpha value is -2.18. The molecular formula is C21H18Cl2F3NO2. The minimum absolute atomic E-state index is 0.0895. The van der Waals surface area contributed by atoms with Crippen LogP contribution in [-0.2, 0) is 24.0 Å². The van der Waals surface area contributed by atoms with Crippen molar-refractivity contribution in [3.63, 3.8) is 0 Å². The maximum atomic E-state index is 12.6. The molecule has 0 N–H and O–H groups in total. The first-order chi connectivity index (χ1) is 13.8. The second-order valence-corrected chi connectivity index (χ2v) is 7.45. The van der Waals surface area contributed by atoms with Crippen molar-refractivity contribution < 1.29 is 22.7 Å². The second kappa shape index (κ2) is 9.55. The Morgan fingerprint density at radius 1 is 1.07 bits per heavy atom. The number of ether oxygens (including phenoxy) is 1. The number of alkyl halides is 3. The molecule has 0 unspecified atom stereocenters. The molecule has 0 amide bonds. The SMILES string of the molecule is FC(F)(F)c1ccc(CON=C2CCCc3c(OCC=C(Cl)Cl)cccc32)cc1. The fraction of sp³-hybridized carbons (Fsp3) is 0.286. The first-order valence-electron chi connectivity index (χ1n) is 8.96. The van der Waals surface area contributed by atoms with E-state index in [4.69, 9.17) is 32.8 Å². The summed E-state index contributed by atoms with van der Waals surface area (Å²) in [6.45, 7) is 0.349. The summed E-state index contributed by atoms with van der Waals surface area (Å²) < 4.78 is 43.8. The summed E-state index contributed by atoms with van der Waals surface area (Å²) in [4.78, 5) is 5.42. The number of oxime groups is 1. The van der Waals surface area contributed by atoms with Crippen molar-refractivity contribution in [2.45, 2.75) is 32.0 Å². The molecule has 0 heterocycles. The van der Waals surface area contributed by atoms with Gasteiger partial charge in [0.2, 0.25) is 0 Å². The highest BCUT2D eigenvalue weighted by Gasteiger charge is 2.29. The molecule has 2 aromatic carbocycles. The largest absolute Gasteiger partial charge is 0.489 e. The minimum Gasteiger partial charge on any atom is -0.489 e. The third-order valence-electron chi connectivity index (χ3n) is 4.45. The van der Waals surface area contributed by atoms with Crippen LogP contribution in [0.4, 0.5) is 13.2 Å². The van der Waals surface area contributed by atoms with Crippen LogP contribution in [0, 0.1) is 0 Å². The predicted octanol–water partition coefficient (Wildman–Crippen LogP) is 6.66. The summed E-state index contributed by atoms with van der Waals surface area (Å²) in [6.07, 6.45) is -0.301. The molecule has 1 aliphatic rings. The molecule has 1 aliphatic carbocycles. The highest BCUT2D eigenvalue weighted by Crippen LogP contribution is 2.31. The van der Waals surface area contributed by atoms with E-state index < -0.39 is 11.7 Å². The topological polar surface area (TPSA) is 30.8 Å². The summed E-state index contributed by atoms with van der Waals surface area (Å²) in [5.41, 5.74) is 2.69. The van der Waals surface area contributed by atoms with Crippen LogP contribution >= 0.6 is 23.2 Å². The van der Waals surface area contributed by atoms with E-state index in [1.54, 1.807) is 6.08 Å². The third kappa shape index (κ3) is 5.90. The second-order valence-electron chi connectivity index (χ2n) is 6.45. The van der Waals surface area contributed by atoms with Crippen LogP contribution in [0.3, 0.4) is 0 Å². The first kappa shape index (κ1) is 21.5. The first-order valence-corrected chi connectivity index (χ1v) is 9.71. The molecule has 0 saturated carbocycles. The third-order valence-corrected chi connectivity index (χ3v) is 4.76. The van der Waals surface area contributed by atoms with E-state index in [0.29, 0.717) is 5.56 Å². The van der Waals surface area contributed by atoms with Crippen LogP contribution in [0.25, 0.3) is 0 Å². The Bertz CT molecular complexity index is 905. The standard InChI is InChI=1S/C21H18Cl2F3NO2/c22-20(23)11-12-28-19-6-2-3-16-17(19)4-1-5-18(16)27-29-13-14-7-9-15(10-8-14)21(24,25)26/h2-3,6-11H,1,4-5,12-13H2. The molecule has 154 valence electrons. The fourth-order valence-electron chi connectivity index (χ4n) is 3.06. The monoisotopic (exact) mass is 443 g/mol. The molecule has 3 nitrogen and oxygen atoms in total. The van der Waals surface area contributed by atoms with Crippen molar-refractivity contribution in [3.05, 3.63) is 75.3 Å². The number of hydrogen-bond donors (Lipinski definition) is 0. The van der Waals surface area contributed by atoms with Gasteiger partial charge < -0.3 is 9.57 Å². The highest BCUT2D eigenvalue weighted by molar-refractivity contribution is 6.55. The van der Waals surface area contributed by atoms with Crippen LogP contribution < -0.4 is 4.74 Å². The van der Waals surface area contributed by atoms with Gasteiger partial charge in [-0.1, -0.05) is 52.6 Å². The van der Waals surface area contributed by atoms with E-state index in [1.807, 2.05) is 18.2 Å². The Morgan fingerprint density at radius 2 is 1.83 bits per heavy atom. The van der Waals surface area contributed by atoms with Gasteiger partial charge in [0.25, 0.3) is 0 Å². The lowest BCUT2D eigenvalue weighted by molar-refractivity contribution is -0.137.